The summed E-state index contributed by atoms with van der Waals surface area (Å²) in [4.78, 5) is 15.3. The quantitative estimate of drug-likeness (QED) is 0.678. The van der Waals surface area contributed by atoms with Crippen molar-refractivity contribution in [3.8, 4) is 0 Å². The van der Waals surface area contributed by atoms with Gasteiger partial charge in [0.2, 0.25) is 15.9 Å². The van der Waals surface area contributed by atoms with Crippen molar-refractivity contribution in [1.82, 2.24) is 10.2 Å². The largest absolute Gasteiger partial charge is 0.350 e. The number of likely N-dealkylation sites (tertiary alicyclic amines) is 1. The molecule has 0 unspecified atom stereocenters. The summed E-state index contributed by atoms with van der Waals surface area (Å²) in [5, 5.41) is 2.91. The maximum atomic E-state index is 12.8. The first-order chi connectivity index (χ1) is 14.7. The van der Waals surface area contributed by atoms with E-state index in [2.05, 4.69) is 22.3 Å². The smallest absolute Gasteiger partial charge is 0.243 e. The Labute approximate surface area is 186 Å². The van der Waals surface area contributed by atoms with Gasteiger partial charge < -0.3 is 5.32 Å². The van der Waals surface area contributed by atoms with E-state index >= 15 is 0 Å². The van der Waals surface area contributed by atoms with Crippen molar-refractivity contribution in [3.63, 3.8) is 0 Å². The topological polar surface area (TPSA) is 69.7 Å². The molecular weight excluding hydrogens is 410 g/mol. The lowest BCUT2D eigenvalue weighted by Crippen LogP contribution is -2.47. The second-order valence-electron chi connectivity index (χ2n) is 8.45. The Bertz CT molecular complexity index is 1000. The van der Waals surface area contributed by atoms with Crippen molar-refractivity contribution in [2.45, 2.75) is 52.2 Å². The maximum Gasteiger partial charge on any atom is 0.243 e. The minimum absolute atomic E-state index is 0.326. The van der Waals surface area contributed by atoms with Crippen LogP contribution < -0.4 is 9.62 Å². The first-order valence-electron chi connectivity index (χ1n) is 10.9. The number of carbonyl (C=O) groups excluding carboxylic acids is 1. The van der Waals surface area contributed by atoms with Crippen LogP contribution in [-0.2, 0) is 27.9 Å². The fourth-order valence-corrected chi connectivity index (χ4v) is 5.29. The highest BCUT2D eigenvalue weighted by Crippen LogP contribution is 2.22. The summed E-state index contributed by atoms with van der Waals surface area (Å²) in [6, 6.07) is 14.6. The Kier molecular flexibility index (Phi) is 7.73. The fraction of sp³-hybridized carbons (Fsp3) is 0.458. The number of benzene rings is 2. The van der Waals surface area contributed by atoms with Gasteiger partial charge in [0, 0.05) is 13.1 Å². The number of hydrogen-bond acceptors (Lipinski definition) is 4. The number of carbonyl (C=O) groups is 1. The molecule has 1 saturated heterocycles. The lowest BCUT2D eigenvalue weighted by atomic mass is 10.1. The zero-order chi connectivity index (χ0) is 22.4. The van der Waals surface area contributed by atoms with Crippen LogP contribution in [0.5, 0.6) is 0 Å². The number of hydrogen-bond donors (Lipinski definition) is 1. The van der Waals surface area contributed by atoms with Crippen LogP contribution in [0.2, 0.25) is 0 Å². The number of aryl methyl sites for hydroxylation is 1. The highest BCUT2D eigenvalue weighted by atomic mass is 32.2. The molecule has 1 N–H and O–H groups in total. The molecule has 0 saturated carbocycles. The molecule has 7 heteroatoms. The highest BCUT2D eigenvalue weighted by molar-refractivity contribution is 7.92. The normalized spacial score (nSPS) is 16.0. The number of amides is 1. The predicted molar refractivity (Wildman–Crippen MR) is 125 cm³/mol. The van der Waals surface area contributed by atoms with Crippen LogP contribution in [0.25, 0.3) is 0 Å². The van der Waals surface area contributed by atoms with Gasteiger partial charge in [0.15, 0.2) is 0 Å². The Balaban J connectivity index is 1.65. The molecule has 2 aromatic carbocycles. The summed E-state index contributed by atoms with van der Waals surface area (Å²) in [7, 11) is -3.62. The number of nitrogens with one attached hydrogen (secondary N) is 1. The molecule has 1 amide bonds. The third-order valence-corrected chi connectivity index (χ3v) is 6.90. The van der Waals surface area contributed by atoms with Gasteiger partial charge in [-0.05, 0) is 68.6 Å². The summed E-state index contributed by atoms with van der Waals surface area (Å²) in [6.45, 7) is 7.07. The summed E-state index contributed by atoms with van der Waals surface area (Å²) in [6.07, 6.45) is 4.95. The molecule has 168 valence electrons. The molecule has 2 aromatic rings. The van der Waals surface area contributed by atoms with E-state index in [4.69, 9.17) is 0 Å². The van der Waals surface area contributed by atoms with Gasteiger partial charge in [-0.15, -0.1) is 0 Å². The van der Waals surface area contributed by atoms with E-state index in [0.29, 0.717) is 12.2 Å². The van der Waals surface area contributed by atoms with Gasteiger partial charge in [0.25, 0.3) is 0 Å². The third kappa shape index (κ3) is 6.55. The van der Waals surface area contributed by atoms with Crippen LogP contribution in [0.1, 0.15) is 42.9 Å². The molecule has 31 heavy (non-hydrogen) atoms. The molecule has 0 radical (unpaired) electrons. The van der Waals surface area contributed by atoms with Gasteiger partial charge in [-0.25, -0.2) is 8.42 Å². The first kappa shape index (κ1) is 23.3. The van der Waals surface area contributed by atoms with E-state index in [1.54, 1.807) is 25.1 Å². The van der Waals surface area contributed by atoms with Crippen molar-refractivity contribution < 1.29 is 13.2 Å². The van der Waals surface area contributed by atoms with Crippen LogP contribution in [0.15, 0.2) is 48.5 Å². The van der Waals surface area contributed by atoms with Gasteiger partial charge in [-0.3, -0.25) is 14.0 Å². The zero-order valence-corrected chi connectivity index (χ0v) is 19.5. The maximum absolute atomic E-state index is 12.8. The summed E-state index contributed by atoms with van der Waals surface area (Å²) in [5.41, 5.74) is 3.67. The van der Waals surface area contributed by atoms with Gasteiger partial charge >= 0.3 is 0 Å². The lowest BCUT2D eigenvalue weighted by molar-refractivity contribution is -0.122. The molecule has 1 atom stereocenters. The van der Waals surface area contributed by atoms with Gasteiger partial charge in [0.1, 0.15) is 6.04 Å². The van der Waals surface area contributed by atoms with E-state index in [1.807, 2.05) is 25.1 Å². The van der Waals surface area contributed by atoms with Crippen molar-refractivity contribution in [1.29, 1.82) is 0 Å². The van der Waals surface area contributed by atoms with Crippen LogP contribution in [0.3, 0.4) is 0 Å². The van der Waals surface area contributed by atoms with E-state index in [-0.39, 0.29) is 5.91 Å². The summed E-state index contributed by atoms with van der Waals surface area (Å²) < 4.78 is 26.1. The van der Waals surface area contributed by atoms with Crippen LogP contribution in [0.4, 0.5) is 5.69 Å². The predicted octanol–water partition coefficient (Wildman–Crippen LogP) is 3.45. The van der Waals surface area contributed by atoms with E-state index < -0.39 is 16.1 Å². The van der Waals surface area contributed by atoms with Crippen LogP contribution in [-0.4, -0.2) is 44.6 Å². The van der Waals surface area contributed by atoms with Gasteiger partial charge in [-0.2, -0.15) is 0 Å². The number of rotatable bonds is 8. The molecule has 1 fully saturated rings. The van der Waals surface area contributed by atoms with Crippen molar-refractivity contribution in [3.05, 3.63) is 65.2 Å². The molecule has 6 nitrogen and oxygen atoms in total. The average molecular weight is 444 g/mol. The molecule has 1 aliphatic rings. The van der Waals surface area contributed by atoms with Gasteiger partial charge in [-0.1, -0.05) is 42.8 Å². The standard InChI is InChI=1S/C24H33N3O3S/c1-19-9-7-12-23(15-19)27(31(3,29)30)20(2)24(28)25-17-21-10-8-11-22(16-21)18-26-13-5-4-6-14-26/h7-12,15-16,20H,4-6,13-14,17-18H2,1-3H3,(H,25,28)/t20-/m1/s1. The second kappa shape index (κ2) is 10.3. The van der Waals surface area contributed by atoms with Crippen molar-refractivity contribution in [2.75, 3.05) is 23.7 Å². The molecule has 3 rings (SSSR count). The zero-order valence-electron chi connectivity index (χ0n) is 18.7. The number of sulfonamides is 1. The van der Waals surface area contributed by atoms with E-state index in [1.165, 1.54) is 29.1 Å². The minimum atomic E-state index is -3.62. The summed E-state index contributed by atoms with van der Waals surface area (Å²) >= 11 is 0. The second-order valence-corrected chi connectivity index (χ2v) is 10.3. The van der Waals surface area contributed by atoms with Gasteiger partial charge in [0.05, 0.1) is 11.9 Å². The SMILES string of the molecule is Cc1cccc(N([C@H](C)C(=O)NCc2cccc(CN3CCCCC3)c2)S(C)(=O)=O)c1. The fourth-order valence-electron chi connectivity index (χ4n) is 4.12. The molecular formula is C24H33N3O3S. The highest BCUT2D eigenvalue weighted by Gasteiger charge is 2.29. The Morgan fingerprint density at radius 3 is 2.42 bits per heavy atom. The molecule has 0 bridgehead atoms. The van der Waals surface area contributed by atoms with Crippen LogP contribution >= 0.6 is 0 Å². The van der Waals surface area contributed by atoms with Crippen LogP contribution in [0, 0.1) is 6.92 Å². The molecule has 0 spiro atoms. The Morgan fingerprint density at radius 2 is 1.74 bits per heavy atom. The average Bonchev–Trinajstić information content (AvgIpc) is 2.72. The van der Waals surface area contributed by atoms with Crippen molar-refractivity contribution >= 4 is 21.6 Å². The molecule has 1 aliphatic heterocycles. The third-order valence-electron chi connectivity index (χ3n) is 5.66. The number of anilines is 1. The van der Waals surface area contributed by atoms with E-state index in [0.717, 1.165) is 37.0 Å². The Hall–Kier alpha value is -2.38. The lowest BCUT2D eigenvalue weighted by Gasteiger charge is -2.28. The Morgan fingerprint density at radius 1 is 1.06 bits per heavy atom. The monoisotopic (exact) mass is 443 g/mol. The summed E-state index contributed by atoms with van der Waals surface area (Å²) in [5.74, 6) is -0.326. The number of piperidine rings is 1. The molecule has 0 aromatic heterocycles. The van der Waals surface area contributed by atoms with Crippen molar-refractivity contribution in [2.24, 2.45) is 0 Å². The number of nitrogens with zero attached hydrogens (tertiary/aromatic N) is 2. The molecule has 1 heterocycles. The minimum Gasteiger partial charge on any atom is -0.350 e. The first-order valence-corrected chi connectivity index (χ1v) is 12.7. The molecule has 0 aliphatic carbocycles. The van der Waals surface area contributed by atoms with E-state index in [9.17, 15) is 13.2 Å².